The normalized spacial score (nSPS) is 15.4. The van der Waals surface area contributed by atoms with Crippen LogP contribution in [0.5, 0.6) is 5.75 Å². The Labute approximate surface area is 246 Å². The van der Waals surface area contributed by atoms with Gasteiger partial charge in [0.1, 0.15) is 11.6 Å². The third-order valence-corrected chi connectivity index (χ3v) is 5.18. The van der Waals surface area contributed by atoms with E-state index in [0.29, 0.717) is 10.1 Å². The Kier molecular flexibility index (Phi) is 6.82. The van der Waals surface area contributed by atoms with E-state index in [1.54, 1.807) is 5.32 Å². The Morgan fingerprint density at radius 3 is 2.54 bits per heavy atom. The number of benzene rings is 1. The molecule has 3 aromatic rings. The molecule has 0 bridgehead atoms. The molecule has 14 nitrogen and oxygen atoms in total. The van der Waals surface area contributed by atoms with Crippen molar-refractivity contribution in [2.75, 3.05) is 26.9 Å². The maximum atomic E-state index is 13.7. The molecule has 0 aliphatic carbocycles. The number of amides is 2. The second-order valence-corrected chi connectivity index (χ2v) is 8.23. The first kappa shape index (κ1) is 20.4. The minimum atomic E-state index is -3.81. The molecule has 0 saturated heterocycles. The highest BCUT2D eigenvalue weighted by Crippen LogP contribution is 2.22. The van der Waals surface area contributed by atoms with E-state index < -0.39 is 90.7 Å². The number of aryl methyl sites for hydroxylation is 1. The summed E-state index contributed by atoms with van der Waals surface area (Å²) < 4.78 is 105. The molecule has 0 unspecified atom stereocenters. The van der Waals surface area contributed by atoms with Gasteiger partial charge in [0.05, 0.1) is 31.8 Å². The lowest BCUT2D eigenvalue weighted by Crippen LogP contribution is -2.46. The van der Waals surface area contributed by atoms with Gasteiger partial charge in [-0.1, -0.05) is 12.1 Å². The van der Waals surface area contributed by atoms with Crippen molar-refractivity contribution >= 4 is 17.8 Å². The molecule has 15 heteroatoms. The predicted octanol–water partition coefficient (Wildman–Crippen LogP) is 1.16. The minimum Gasteiger partial charge on any atom is -0.418 e. The number of nitrogens with one attached hydrogen (secondary N) is 2. The van der Waals surface area contributed by atoms with Gasteiger partial charge in [-0.15, -0.1) is 10.2 Å². The molecule has 0 spiro atoms. The van der Waals surface area contributed by atoms with Crippen LogP contribution in [0.4, 0.5) is 4.39 Å². The highest BCUT2D eigenvalue weighted by atomic mass is 19.1. The largest absolute Gasteiger partial charge is 0.418 e. The van der Waals surface area contributed by atoms with Crippen LogP contribution in [0.15, 0.2) is 33.5 Å². The maximum absolute atomic E-state index is 13.7. The van der Waals surface area contributed by atoms with Crippen LogP contribution in [0.25, 0.3) is 0 Å². The SMILES string of the molecule is [2H]C([2H])([2H])c1nnc(C(=O)NC(c2nc(C(=O)NCc3ccc(F)cc3)c(OC(=O)CCOCCOC)c(=O)n2C)(C([2H])([2H])[2H])C([2H])([2H])[2H])o1. The van der Waals surface area contributed by atoms with E-state index in [9.17, 15) is 23.6 Å². The topological polar surface area (TPSA) is 177 Å². The average Bonchev–Trinajstić information content (AvgIpc) is 3.52. The quantitative estimate of drug-likeness (QED) is 0.218. The molecule has 2 heterocycles. The Morgan fingerprint density at radius 2 is 1.88 bits per heavy atom. The number of ether oxygens (including phenoxy) is 3. The Hall–Kier alpha value is -4.50. The summed E-state index contributed by atoms with van der Waals surface area (Å²) >= 11 is 0. The van der Waals surface area contributed by atoms with E-state index >= 15 is 0 Å². The second-order valence-electron chi connectivity index (χ2n) is 8.23. The molecule has 1 aromatic carbocycles. The summed E-state index contributed by atoms with van der Waals surface area (Å²) in [4.78, 5) is 57.1. The van der Waals surface area contributed by atoms with Gasteiger partial charge in [0, 0.05) is 39.9 Å². The first-order chi connectivity index (χ1) is 23.1. The van der Waals surface area contributed by atoms with Crippen molar-refractivity contribution < 1.29 is 49.7 Å². The number of aromatic nitrogens is 4. The van der Waals surface area contributed by atoms with Crippen molar-refractivity contribution in [2.24, 2.45) is 7.05 Å². The van der Waals surface area contributed by atoms with E-state index in [2.05, 4.69) is 20.5 Å². The molecule has 0 fully saturated rings. The van der Waals surface area contributed by atoms with Crippen molar-refractivity contribution in [3.63, 3.8) is 0 Å². The fraction of sp³-hybridized carbons (Fsp3) is 0.423. The van der Waals surface area contributed by atoms with Gasteiger partial charge >= 0.3 is 17.8 Å². The molecule has 0 saturated carbocycles. The highest BCUT2D eigenvalue weighted by Gasteiger charge is 2.33. The van der Waals surface area contributed by atoms with Crippen molar-refractivity contribution in [1.29, 1.82) is 0 Å². The fourth-order valence-corrected chi connectivity index (χ4v) is 3.19. The van der Waals surface area contributed by atoms with Crippen molar-refractivity contribution in [2.45, 2.75) is 39.1 Å². The van der Waals surface area contributed by atoms with E-state index in [1.807, 2.05) is 0 Å². The highest BCUT2D eigenvalue weighted by molar-refractivity contribution is 5.95. The van der Waals surface area contributed by atoms with Gasteiger partial charge in [0.15, 0.2) is 5.69 Å². The number of carbonyl (C=O) groups excluding carboxylic acids is 3. The Morgan fingerprint density at radius 1 is 1.12 bits per heavy atom. The second kappa shape index (κ2) is 13.7. The number of halogens is 1. The van der Waals surface area contributed by atoms with E-state index in [1.165, 1.54) is 19.2 Å². The van der Waals surface area contributed by atoms with Gasteiger partial charge in [-0.3, -0.25) is 23.7 Å². The van der Waals surface area contributed by atoms with Crippen LogP contribution < -0.4 is 20.9 Å². The third kappa shape index (κ3) is 8.25. The lowest BCUT2D eigenvalue weighted by atomic mass is 10.0. The summed E-state index contributed by atoms with van der Waals surface area (Å²) in [6.45, 7) is -10.8. The molecular formula is C26H31FN6O8. The van der Waals surface area contributed by atoms with Crippen molar-refractivity contribution in [1.82, 2.24) is 30.4 Å². The molecule has 0 radical (unpaired) electrons. The molecule has 0 aliphatic rings. The molecule has 220 valence electrons. The first-order valence-electron chi connectivity index (χ1n) is 16.2. The van der Waals surface area contributed by atoms with Gasteiger partial charge in [-0.2, -0.15) is 0 Å². The standard InChI is InChI=1S/C26H31FN6O8/c1-15-31-32-23(40-15)22(36)30-26(2,3)25-29-19(21(35)28-14-16-6-8-17(27)9-7-16)20(24(37)33(25)4)41-18(34)10-11-39-13-12-38-5/h6-9H,10-14H2,1-5H3,(H,28,35)(H,30,36)/i1D3,2D3,3D3. The number of methoxy groups -OCH3 is 1. The van der Waals surface area contributed by atoms with Crippen LogP contribution in [-0.4, -0.2) is 64.5 Å². The van der Waals surface area contributed by atoms with Crippen molar-refractivity contribution in [3.05, 3.63) is 69.3 Å². The summed E-state index contributed by atoms with van der Waals surface area (Å²) in [7, 11) is 2.26. The third-order valence-electron chi connectivity index (χ3n) is 5.18. The van der Waals surface area contributed by atoms with Gasteiger partial charge < -0.3 is 29.3 Å². The molecule has 2 amide bonds. The molecule has 2 N–H and O–H groups in total. The van der Waals surface area contributed by atoms with E-state index in [0.717, 1.165) is 19.2 Å². The molecule has 2 aromatic heterocycles. The average molecular weight is 584 g/mol. The first-order valence-corrected chi connectivity index (χ1v) is 11.7. The number of nitrogens with zero attached hydrogens (tertiary/aromatic N) is 4. The lowest BCUT2D eigenvalue weighted by molar-refractivity contribution is -0.135. The number of carbonyl (C=O) groups is 3. The summed E-state index contributed by atoms with van der Waals surface area (Å²) in [6, 6.07) is 4.79. The molecule has 41 heavy (non-hydrogen) atoms. The summed E-state index contributed by atoms with van der Waals surface area (Å²) in [5, 5.41) is 10.5. The zero-order valence-corrected chi connectivity index (χ0v) is 21.8. The van der Waals surface area contributed by atoms with E-state index in [-0.39, 0.29) is 26.4 Å². The number of hydrogen-bond acceptors (Lipinski definition) is 11. The maximum Gasteiger partial charge on any atom is 0.313 e. The van der Waals surface area contributed by atoms with Crippen LogP contribution in [0.1, 0.15) is 70.9 Å². The van der Waals surface area contributed by atoms with Crippen LogP contribution in [0.3, 0.4) is 0 Å². The molecular weight excluding hydrogens is 543 g/mol. The molecule has 0 atom stereocenters. The van der Waals surface area contributed by atoms with Gasteiger partial charge in [-0.25, -0.2) is 9.37 Å². The van der Waals surface area contributed by atoms with E-state index in [4.69, 9.17) is 31.0 Å². The fourth-order valence-electron chi connectivity index (χ4n) is 3.19. The Bertz CT molecular complexity index is 1740. The number of rotatable bonds is 13. The summed E-state index contributed by atoms with van der Waals surface area (Å²) in [6.07, 6.45) is -0.446. The van der Waals surface area contributed by atoms with Crippen LogP contribution in [0.2, 0.25) is 0 Å². The zero-order chi connectivity index (χ0) is 37.7. The monoisotopic (exact) mass is 583 g/mol. The lowest BCUT2D eigenvalue weighted by Gasteiger charge is -2.27. The molecule has 0 aliphatic heterocycles. The van der Waals surface area contributed by atoms with Crippen molar-refractivity contribution in [3.8, 4) is 5.75 Å². The van der Waals surface area contributed by atoms with Gasteiger partial charge in [0.25, 0.3) is 11.5 Å². The zero-order valence-electron chi connectivity index (χ0n) is 30.8. The van der Waals surface area contributed by atoms with Crippen LogP contribution in [-0.2, 0) is 33.4 Å². The van der Waals surface area contributed by atoms with Gasteiger partial charge in [0.2, 0.25) is 11.6 Å². The van der Waals surface area contributed by atoms with Crippen LogP contribution >= 0.6 is 0 Å². The number of hydrogen-bond donors (Lipinski definition) is 2. The summed E-state index contributed by atoms with van der Waals surface area (Å²) in [5.41, 5.74) is -5.78. The Balaban J connectivity index is 2.20. The minimum absolute atomic E-state index is 0.109. The summed E-state index contributed by atoms with van der Waals surface area (Å²) in [5.74, 6) is -9.11. The smallest absolute Gasteiger partial charge is 0.313 e. The molecule has 3 rings (SSSR count). The van der Waals surface area contributed by atoms with Gasteiger partial charge in [-0.05, 0) is 31.4 Å². The number of esters is 1. The van der Waals surface area contributed by atoms with Crippen LogP contribution in [0, 0.1) is 12.7 Å². The predicted molar refractivity (Wildman–Crippen MR) is 140 cm³/mol.